The Bertz CT molecular complexity index is 709. The Morgan fingerprint density at radius 2 is 1.70 bits per heavy atom. The molecule has 0 aromatic heterocycles. The summed E-state index contributed by atoms with van der Waals surface area (Å²) >= 11 is 0. The normalized spacial score (nSPS) is 22.9. The van der Waals surface area contributed by atoms with Crippen molar-refractivity contribution in [1.29, 1.82) is 0 Å². The Labute approximate surface area is 158 Å². The highest BCUT2D eigenvalue weighted by Gasteiger charge is 2.48. The van der Waals surface area contributed by atoms with Crippen molar-refractivity contribution in [1.82, 2.24) is 10.2 Å². The average Bonchev–Trinajstić information content (AvgIpc) is 2.92. The minimum Gasteiger partial charge on any atom is -0.454 e. The third-order valence-electron chi connectivity index (χ3n) is 5.26. The number of fused-ring (bicyclic) bond motifs is 1. The van der Waals surface area contributed by atoms with Crippen molar-refractivity contribution in [2.45, 2.75) is 38.6 Å². The van der Waals surface area contributed by atoms with Gasteiger partial charge in [-0.15, -0.1) is 0 Å². The molecule has 0 spiro atoms. The first kappa shape index (κ1) is 19.1. The van der Waals surface area contributed by atoms with Gasteiger partial charge in [0.1, 0.15) is 6.54 Å². The van der Waals surface area contributed by atoms with Crippen LogP contribution in [0.4, 0.5) is 0 Å². The maximum atomic E-state index is 12.3. The molecular formula is C20H24N2O5. The van der Waals surface area contributed by atoms with Crippen LogP contribution >= 0.6 is 0 Å². The van der Waals surface area contributed by atoms with E-state index in [1.165, 1.54) is 0 Å². The summed E-state index contributed by atoms with van der Waals surface area (Å²) in [5, 5.41) is 2.74. The Kier molecular flexibility index (Phi) is 5.88. The van der Waals surface area contributed by atoms with Gasteiger partial charge in [-0.1, -0.05) is 43.2 Å². The number of hydrogen-bond acceptors (Lipinski definition) is 5. The van der Waals surface area contributed by atoms with E-state index in [1.807, 2.05) is 37.3 Å². The van der Waals surface area contributed by atoms with Gasteiger partial charge in [0, 0.05) is 0 Å². The van der Waals surface area contributed by atoms with Gasteiger partial charge in [-0.05, 0) is 25.3 Å². The minimum absolute atomic E-state index is 0.220. The van der Waals surface area contributed by atoms with Crippen molar-refractivity contribution >= 4 is 23.7 Å². The Morgan fingerprint density at radius 1 is 1.11 bits per heavy atom. The van der Waals surface area contributed by atoms with Crippen LogP contribution < -0.4 is 5.32 Å². The zero-order valence-electron chi connectivity index (χ0n) is 15.3. The number of benzene rings is 1. The van der Waals surface area contributed by atoms with Gasteiger partial charge < -0.3 is 10.1 Å². The van der Waals surface area contributed by atoms with Gasteiger partial charge >= 0.3 is 5.97 Å². The van der Waals surface area contributed by atoms with Gasteiger partial charge in [-0.3, -0.25) is 24.1 Å². The summed E-state index contributed by atoms with van der Waals surface area (Å²) in [7, 11) is 0. The van der Waals surface area contributed by atoms with Crippen molar-refractivity contribution in [3.05, 3.63) is 35.9 Å². The van der Waals surface area contributed by atoms with E-state index < -0.39 is 25.0 Å². The summed E-state index contributed by atoms with van der Waals surface area (Å²) < 4.78 is 4.96. The molecule has 1 N–H and O–H groups in total. The first-order valence-electron chi connectivity index (χ1n) is 9.32. The molecule has 0 radical (unpaired) electrons. The molecule has 1 aliphatic carbocycles. The second-order valence-corrected chi connectivity index (χ2v) is 7.12. The van der Waals surface area contributed by atoms with Crippen LogP contribution in [0.1, 0.15) is 44.2 Å². The number of carbonyl (C=O) groups excluding carboxylic acids is 4. The number of imide groups is 1. The highest BCUT2D eigenvalue weighted by Crippen LogP contribution is 2.37. The van der Waals surface area contributed by atoms with E-state index in [9.17, 15) is 19.2 Å². The van der Waals surface area contributed by atoms with E-state index in [4.69, 9.17) is 4.74 Å². The predicted octanol–water partition coefficient (Wildman–Crippen LogP) is 1.58. The number of nitrogens with zero attached hydrogens (tertiary/aromatic N) is 1. The van der Waals surface area contributed by atoms with Crippen LogP contribution in [0.25, 0.3) is 0 Å². The smallest absolute Gasteiger partial charge is 0.326 e. The van der Waals surface area contributed by atoms with Gasteiger partial charge in [0.05, 0.1) is 17.9 Å². The lowest BCUT2D eigenvalue weighted by Gasteiger charge is -2.19. The van der Waals surface area contributed by atoms with E-state index >= 15 is 0 Å². The lowest BCUT2D eigenvalue weighted by Crippen LogP contribution is -2.38. The number of hydrogen-bond donors (Lipinski definition) is 1. The maximum Gasteiger partial charge on any atom is 0.326 e. The number of nitrogens with one attached hydrogen (secondary N) is 1. The Hall–Kier alpha value is -2.70. The molecule has 0 bridgehead atoms. The summed E-state index contributed by atoms with van der Waals surface area (Å²) in [5.74, 6) is -2.36. The van der Waals surface area contributed by atoms with Crippen molar-refractivity contribution in [3.8, 4) is 0 Å². The second-order valence-electron chi connectivity index (χ2n) is 7.12. The number of rotatable bonds is 6. The van der Waals surface area contributed by atoms with Gasteiger partial charge in [-0.2, -0.15) is 0 Å². The summed E-state index contributed by atoms with van der Waals surface area (Å²) in [6.07, 6.45) is 3.25. The van der Waals surface area contributed by atoms with E-state index in [0.29, 0.717) is 12.8 Å². The number of amides is 3. The Balaban J connectivity index is 1.46. The molecule has 27 heavy (non-hydrogen) atoms. The highest BCUT2D eigenvalue weighted by atomic mass is 16.5. The molecule has 3 atom stereocenters. The quantitative estimate of drug-likeness (QED) is 0.605. The van der Waals surface area contributed by atoms with Gasteiger partial charge in [0.25, 0.3) is 5.91 Å². The molecule has 2 fully saturated rings. The first-order valence-corrected chi connectivity index (χ1v) is 9.32. The topological polar surface area (TPSA) is 92.8 Å². The molecule has 1 saturated carbocycles. The first-order chi connectivity index (χ1) is 13.0. The average molecular weight is 372 g/mol. The molecule has 7 heteroatoms. The Morgan fingerprint density at radius 3 is 2.30 bits per heavy atom. The van der Waals surface area contributed by atoms with Gasteiger partial charge in [0.15, 0.2) is 6.61 Å². The number of likely N-dealkylation sites (tertiary alicyclic amines) is 1. The number of esters is 1. The van der Waals surface area contributed by atoms with E-state index in [2.05, 4.69) is 5.32 Å². The lowest BCUT2D eigenvalue weighted by atomic mass is 9.81. The highest BCUT2D eigenvalue weighted by molar-refractivity contribution is 6.07. The fourth-order valence-electron chi connectivity index (χ4n) is 3.82. The van der Waals surface area contributed by atoms with Crippen LogP contribution in [0.15, 0.2) is 30.3 Å². The van der Waals surface area contributed by atoms with Gasteiger partial charge in [0.2, 0.25) is 11.8 Å². The predicted molar refractivity (Wildman–Crippen MR) is 96.1 cm³/mol. The largest absolute Gasteiger partial charge is 0.454 e. The summed E-state index contributed by atoms with van der Waals surface area (Å²) in [5.41, 5.74) is 0.938. The molecule has 1 aromatic rings. The summed E-state index contributed by atoms with van der Waals surface area (Å²) in [4.78, 5) is 49.7. The van der Waals surface area contributed by atoms with Gasteiger partial charge in [-0.25, -0.2) is 0 Å². The van der Waals surface area contributed by atoms with E-state index in [-0.39, 0.29) is 29.7 Å². The summed E-state index contributed by atoms with van der Waals surface area (Å²) in [6, 6.07) is 9.19. The van der Waals surface area contributed by atoms with Crippen molar-refractivity contribution in [2.24, 2.45) is 11.8 Å². The molecule has 2 aliphatic rings. The zero-order valence-corrected chi connectivity index (χ0v) is 15.3. The van der Waals surface area contributed by atoms with Crippen molar-refractivity contribution in [3.63, 3.8) is 0 Å². The lowest BCUT2D eigenvalue weighted by molar-refractivity contribution is -0.155. The molecule has 7 nitrogen and oxygen atoms in total. The fraction of sp³-hybridized carbons (Fsp3) is 0.500. The SMILES string of the molecule is C[C@H](NC(=O)COC(=O)CN1C(=O)[C@H]2CCCC[C@H]2C1=O)c1ccccc1. The van der Waals surface area contributed by atoms with Crippen LogP contribution in [-0.4, -0.2) is 41.7 Å². The molecule has 3 amide bonds. The van der Waals surface area contributed by atoms with Crippen LogP contribution in [-0.2, 0) is 23.9 Å². The van der Waals surface area contributed by atoms with Crippen molar-refractivity contribution in [2.75, 3.05) is 13.2 Å². The van der Waals surface area contributed by atoms with Crippen LogP contribution in [0, 0.1) is 11.8 Å². The standard InChI is InChI=1S/C20H24N2O5/c1-13(14-7-3-2-4-8-14)21-17(23)12-27-18(24)11-22-19(25)15-9-5-6-10-16(15)20(22)26/h2-4,7-8,13,15-16H,5-6,9-12H2,1H3,(H,21,23)/t13-,15-,16+/m0/s1. The minimum atomic E-state index is -0.752. The van der Waals surface area contributed by atoms with Crippen LogP contribution in [0.5, 0.6) is 0 Å². The molecule has 144 valence electrons. The third-order valence-corrected chi connectivity index (χ3v) is 5.26. The van der Waals surface area contributed by atoms with Crippen LogP contribution in [0.2, 0.25) is 0 Å². The molecule has 1 aliphatic heterocycles. The molecular weight excluding hydrogens is 348 g/mol. The molecule has 1 aromatic carbocycles. The molecule has 1 saturated heterocycles. The third kappa shape index (κ3) is 4.35. The number of carbonyl (C=O) groups is 4. The van der Waals surface area contributed by atoms with E-state index in [1.54, 1.807) is 0 Å². The second kappa shape index (κ2) is 8.33. The fourth-order valence-corrected chi connectivity index (χ4v) is 3.82. The monoisotopic (exact) mass is 372 g/mol. The molecule has 0 unspecified atom stereocenters. The molecule has 1 heterocycles. The maximum absolute atomic E-state index is 12.3. The summed E-state index contributed by atoms with van der Waals surface area (Å²) in [6.45, 7) is 0.962. The van der Waals surface area contributed by atoms with Crippen molar-refractivity contribution < 1.29 is 23.9 Å². The van der Waals surface area contributed by atoms with Crippen LogP contribution in [0.3, 0.4) is 0 Å². The van der Waals surface area contributed by atoms with E-state index in [0.717, 1.165) is 23.3 Å². The zero-order chi connectivity index (χ0) is 19.4. The molecule has 3 rings (SSSR count). The number of ether oxygens (including phenoxy) is 1.